The maximum absolute atomic E-state index is 11.0. The van der Waals surface area contributed by atoms with Crippen molar-refractivity contribution in [3.8, 4) is 0 Å². The van der Waals surface area contributed by atoms with Crippen molar-refractivity contribution in [1.82, 2.24) is 4.90 Å². The first kappa shape index (κ1) is 12.5. The molecule has 0 aliphatic carbocycles. The monoisotopic (exact) mass is 215 g/mol. The van der Waals surface area contributed by atoms with E-state index >= 15 is 0 Å². The molecule has 0 aromatic rings. The molecule has 1 fully saturated rings. The van der Waals surface area contributed by atoms with E-state index in [1.54, 1.807) is 13.8 Å². The Bertz CT molecular complexity index is 240. The van der Waals surface area contributed by atoms with Gasteiger partial charge in [0, 0.05) is 19.6 Å². The molecule has 2 N–H and O–H groups in total. The van der Waals surface area contributed by atoms with Crippen LogP contribution >= 0.6 is 0 Å². The second-order valence-electron chi connectivity index (χ2n) is 5.26. The van der Waals surface area contributed by atoms with Gasteiger partial charge >= 0.3 is 5.97 Å². The molecule has 1 rings (SSSR count). The van der Waals surface area contributed by atoms with E-state index in [4.69, 9.17) is 5.11 Å². The number of aliphatic hydroxyl groups excluding tert-OH is 1. The minimum absolute atomic E-state index is 0.228. The lowest BCUT2D eigenvalue weighted by Crippen LogP contribution is -2.47. The van der Waals surface area contributed by atoms with Crippen LogP contribution in [-0.4, -0.2) is 46.8 Å². The Balaban J connectivity index is 2.50. The van der Waals surface area contributed by atoms with Crippen molar-refractivity contribution >= 4 is 5.97 Å². The number of aliphatic hydroxyl groups is 1. The van der Waals surface area contributed by atoms with Crippen molar-refractivity contribution in [2.24, 2.45) is 11.3 Å². The molecule has 4 nitrogen and oxygen atoms in total. The van der Waals surface area contributed by atoms with Gasteiger partial charge in [0.2, 0.25) is 0 Å². The highest BCUT2D eigenvalue weighted by molar-refractivity contribution is 5.73. The Labute approximate surface area is 90.9 Å². The predicted molar refractivity (Wildman–Crippen MR) is 57.6 cm³/mol. The Morgan fingerprint density at radius 2 is 2.13 bits per heavy atom. The summed E-state index contributed by atoms with van der Waals surface area (Å²) in [4.78, 5) is 13.1. The second kappa shape index (κ2) is 4.49. The van der Waals surface area contributed by atoms with Gasteiger partial charge in [-0.3, -0.25) is 4.79 Å². The third-order valence-electron chi connectivity index (χ3n) is 3.14. The molecule has 2 unspecified atom stereocenters. The lowest BCUT2D eigenvalue weighted by Gasteiger charge is -2.37. The van der Waals surface area contributed by atoms with Crippen molar-refractivity contribution < 1.29 is 15.0 Å². The molecule has 88 valence electrons. The summed E-state index contributed by atoms with van der Waals surface area (Å²) in [5, 5.41) is 18.6. The van der Waals surface area contributed by atoms with Gasteiger partial charge in [0.1, 0.15) is 0 Å². The summed E-state index contributed by atoms with van der Waals surface area (Å²) in [5.74, 6) is -0.524. The Morgan fingerprint density at radius 1 is 1.53 bits per heavy atom. The first-order valence-electron chi connectivity index (χ1n) is 5.47. The van der Waals surface area contributed by atoms with Crippen LogP contribution in [0.2, 0.25) is 0 Å². The van der Waals surface area contributed by atoms with Crippen LogP contribution in [0.25, 0.3) is 0 Å². The minimum Gasteiger partial charge on any atom is -0.481 e. The van der Waals surface area contributed by atoms with Crippen molar-refractivity contribution in [1.29, 1.82) is 0 Å². The van der Waals surface area contributed by atoms with E-state index in [9.17, 15) is 9.90 Å². The summed E-state index contributed by atoms with van der Waals surface area (Å²) < 4.78 is 0. The number of likely N-dealkylation sites (tertiary alicyclic amines) is 1. The summed E-state index contributed by atoms with van der Waals surface area (Å²) in [6, 6.07) is 0. The Kier molecular flexibility index (Phi) is 3.73. The molecule has 15 heavy (non-hydrogen) atoms. The SMILES string of the molecule is CC1CN(CC(C)(C)C(=O)O)CCC1O. The van der Waals surface area contributed by atoms with Gasteiger partial charge in [0.05, 0.1) is 11.5 Å². The van der Waals surface area contributed by atoms with Crippen LogP contribution in [0.3, 0.4) is 0 Å². The molecule has 4 heteroatoms. The average molecular weight is 215 g/mol. The lowest BCUT2D eigenvalue weighted by molar-refractivity contribution is -0.148. The zero-order valence-corrected chi connectivity index (χ0v) is 9.73. The summed E-state index contributed by atoms with van der Waals surface area (Å²) in [6.07, 6.45) is 0.519. The number of nitrogens with zero attached hydrogens (tertiary/aromatic N) is 1. The lowest BCUT2D eigenvalue weighted by atomic mass is 9.90. The van der Waals surface area contributed by atoms with Gasteiger partial charge in [-0.25, -0.2) is 0 Å². The minimum atomic E-state index is -0.763. The van der Waals surface area contributed by atoms with Crippen molar-refractivity contribution in [3.63, 3.8) is 0 Å². The smallest absolute Gasteiger partial charge is 0.310 e. The van der Waals surface area contributed by atoms with Crippen molar-refractivity contribution in [2.75, 3.05) is 19.6 Å². The van der Waals surface area contributed by atoms with E-state index in [2.05, 4.69) is 4.90 Å². The summed E-state index contributed by atoms with van der Waals surface area (Å²) in [6.45, 7) is 7.63. The number of aliphatic carboxylic acids is 1. The van der Waals surface area contributed by atoms with Crippen LogP contribution in [0, 0.1) is 11.3 Å². The first-order valence-corrected chi connectivity index (χ1v) is 5.47. The summed E-state index contributed by atoms with van der Waals surface area (Å²) in [7, 11) is 0. The van der Waals surface area contributed by atoms with Gasteiger partial charge < -0.3 is 15.1 Å². The maximum Gasteiger partial charge on any atom is 0.310 e. The van der Waals surface area contributed by atoms with Crippen LogP contribution in [0.15, 0.2) is 0 Å². The van der Waals surface area contributed by atoms with Crippen LogP contribution in [0.5, 0.6) is 0 Å². The molecular weight excluding hydrogens is 194 g/mol. The zero-order chi connectivity index (χ0) is 11.6. The van der Waals surface area contributed by atoms with E-state index < -0.39 is 11.4 Å². The van der Waals surface area contributed by atoms with Gasteiger partial charge in [0.25, 0.3) is 0 Å². The van der Waals surface area contributed by atoms with Gasteiger partial charge in [-0.15, -0.1) is 0 Å². The highest BCUT2D eigenvalue weighted by Gasteiger charge is 2.32. The molecule has 0 aromatic heterocycles. The number of carbonyl (C=O) groups is 1. The molecule has 0 saturated carbocycles. The van der Waals surface area contributed by atoms with Gasteiger partial charge in [0.15, 0.2) is 0 Å². The van der Waals surface area contributed by atoms with Gasteiger partial charge in [-0.1, -0.05) is 6.92 Å². The highest BCUT2D eigenvalue weighted by atomic mass is 16.4. The molecule has 0 radical (unpaired) electrons. The van der Waals surface area contributed by atoms with E-state index in [0.717, 1.165) is 19.5 Å². The Hall–Kier alpha value is -0.610. The van der Waals surface area contributed by atoms with Gasteiger partial charge in [-0.05, 0) is 26.2 Å². The third kappa shape index (κ3) is 3.18. The number of piperidine rings is 1. The third-order valence-corrected chi connectivity index (χ3v) is 3.14. The fraction of sp³-hybridized carbons (Fsp3) is 0.909. The number of hydrogen-bond acceptors (Lipinski definition) is 3. The first-order chi connectivity index (χ1) is 6.83. The molecule has 1 saturated heterocycles. The van der Waals surface area contributed by atoms with E-state index in [-0.39, 0.29) is 12.0 Å². The molecule has 1 heterocycles. The van der Waals surface area contributed by atoms with Crippen LogP contribution in [0.4, 0.5) is 0 Å². The summed E-state index contributed by atoms with van der Waals surface area (Å²) >= 11 is 0. The van der Waals surface area contributed by atoms with E-state index in [1.807, 2.05) is 6.92 Å². The normalized spacial score (nSPS) is 29.1. The molecule has 1 aliphatic heterocycles. The Morgan fingerprint density at radius 3 is 2.60 bits per heavy atom. The topological polar surface area (TPSA) is 60.8 Å². The highest BCUT2D eigenvalue weighted by Crippen LogP contribution is 2.22. The van der Waals surface area contributed by atoms with Crippen molar-refractivity contribution in [3.05, 3.63) is 0 Å². The van der Waals surface area contributed by atoms with Crippen LogP contribution in [0.1, 0.15) is 27.2 Å². The molecule has 1 aliphatic rings. The van der Waals surface area contributed by atoms with E-state index in [1.165, 1.54) is 0 Å². The van der Waals surface area contributed by atoms with Crippen LogP contribution < -0.4 is 0 Å². The van der Waals surface area contributed by atoms with Gasteiger partial charge in [-0.2, -0.15) is 0 Å². The fourth-order valence-electron chi connectivity index (χ4n) is 1.99. The summed E-state index contributed by atoms with van der Waals surface area (Å²) in [5.41, 5.74) is -0.706. The number of hydrogen-bond donors (Lipinski definition) is 2. The van der Waals surface area contributed by atoms with Crippen LogP contribution in [-0.2, 0) is 4.79 Å². The molecule has 0 aromatic carbocycles. The fourth-order valence-corrected chi connectivity index (χ4v) is 1.99. The molecular formula is C11H21NO3. The molecule has 0 bridgehead atoms. The predicted octanol–water partition coefficient (Wildman–Crippen LogP) is 0.800. The molecule has 2 atom stereocenters. The number of rotatable bonds is 3. The quantitative estimate of drug-likeness (QED) is 0.731. The number of carboxylic acids is 1. The number of carboxylic acid groups (broad SMARTS) is 1. The van der Waals surface area contributed by atoms with E-state index in [0.29, 0.717) is 6.54 Å². The average Bonchev–Trinajstić information content (AvgIpc) is 2.10. The molecule has 0 spiro atoms. The van der Waals surface area contributed by atoms with Crippen molar-refractivity contribution in [2.45, 2.75) is 33.3 Å². The largest absolute Gasteiger partial charge is 0.481 e. The zero-order valence-electron chi connectivity index (χ0n) is 9.73. The second-order valence-corrected chi connectivity index (χ2v) is 5.26. The molecule has 0 amide bonds. The maximum atomic E-state index is 11.0. The standard InChI is InChI=1S/C11H21NO3/c1-8-6-12(5-4-9(8)13)7-11(2,3)10(14)15/h8-9,13H,4-7H2,1-3H3,(H,14,15).